The van der Waals surface area contributed by atoms with Gasteiger partial charge in [-0.05, 0) is 25.4 Å². The molecule has 7 heteroatoms. The Morgan fingerprint density at radius 1 is 1.50 bits per heavy atom. The summed E-state index contributed by atoms with van der Waals surface area (Å²) in [6, 6.07) is 2.10. The van der Waals surface area contributed by atoms with Crippen molar-refractivity contribution < 1.29 is 4.52 Å². The highest BCUT2D eigenvalue weighted by Crippen LogP contribution is 2.23. The van der Waals surface area contributed by atoms with Crippen LogP contribution in [0.4, 0.5) is 5.00 Å². The second-order valence-electron chi connectivity index (χ2n) is 3.17. The monoisotopic (exact) mass is 235 g/mol. The minimum absolute atomic E-state index is 0.400. The van der Waals surface area contributed by atoms with Crippen molar-refractivity contribution in [3.8, 4) is 6.07 Å². The number of nitrogens with one attached hydrogen (secondary N) is 1. The van der Waals surface area contributed by atoms with E-state index in [4.69, 9.17) is 9.78 Å². The van der Waals surface area contributed by atoms with Crippen molar-refractivity contribution in [1.82, 2.24) is 14.5 Å². The summed E-state index contributed by atoms with van der Waals surface area (Å²) in [5.74, 6) is 1.09. The Hall–Kier alpha value is -1.94. The quantitative estimate of drug-likeness (QED) is 0.869. The number of aryl methyl sites for hydroxylation is 2. The van der Waals surface area contributed by atoms with Crippen molar-refractivity contribution in [2.24, 2.45) is 0 Å². The number of hydrogen-bond acceptors (Lipinski definition) is 7. The summed E-state index contributed by atoms with van der Waals surface area (Å²) in [4.78, 5) is 4.05. The number of nitriles is 1. The third-order valence-corrected chi connectivity index (χ3v) is 2.84. The molecule has 0 unspecified atom stereocenters. The molecule has 0 aliphatic rings. The summed E-state index contributed by atoms with van der Waals surface area (Å²) in [5, 5.41) is 16.4. The molecule has 0 bridgehead atoms. The third kappa shape index (κ3) is 2.01. The molecule has 0 aliphatic carbocycles. The number of rotatable bonds is 3. The zero-order valence-electron chi connectivity index (χ0n) is 8.81. The molecule has 16 heavy (non-hydrogen) atoms. The van der Waals surface area contributed by atoms with Gasteiger partial charge in [0.05, 0.1) is 12.2 Å². The summed E-state index contributed by atoms with van der Waals surface area (Å²) in [6.45, 7) is 3.96. The molecule has 2 heterocycles. The van der Waals surface area contributed by atoms with Crippen LogP contribution in [0.5, 0.6) is 0 Å². The fourth-order valence-corrected chi connectivity index (χ4v) is 1.93. The lowest BCUT2D eigenvalue weighted by molar-refractivity contribution is 0.379. The molecular weight excluding hydrogens is 226 g/mol. The van der Waals surface area contributed by atoms with Gasteiger partial charge in [0.1, 0.15) is 16.6 Å². The molecule has 0 saturated carbocycles. The van der Waals surface area contributed by atoms with Gasteiger partial charge in [0.15, 0.2) is 5.82 Å². The van der Waals surface area contributed by atoms with Crippen LogP contribution in [0.15, 0.2) is 4.52 Å². The Morgan fingerprint density at radius 2 is 2.31 bits per heavy atom. The van der Waals surface area contributed by atoms with Gasteiger partial charge in [-0.25, -0.2) is 0 Å². The lowest BCUT2D eigenvalue weighted by Crippen LogP contribution is -1.99. The highest BCUT2D eigenvalue weighted by atomic mass is 32.1. The van der Waals surface area contributed by atoms with Crippen LogP contribution in [0.25, 0.3) is 0 Å². The second-order valence-corrected chi connectivity index (χ2v) is 3.95. The van der Waals surface area contributed by atoms with Crippen molar-refractivity contribution in [3.63, 3.8) is 0 Å². The molecule has 0 aliphatic heterocycles. The predicted molar refractivity (Wildman–Crippen MR) is 57.9 cm³/mol. The maximum absolute atomic E-state index is 8.91. The van der Waals surface area contributed by atoms with Gasteiger partial charge < -0.3 is 9.84 Å². The standard InChI is InChI=1S/C9H9N5OS/c1-5-7(3-10)9(16-14-5)11-4-8-12-6(2)13-15-8/h11H,4H2,1-2H3. The van der Waals surface area contributed by atoms with Gasteiger partial charge in [-0.1, -0.05) is 5.16 Å². The lowest BCUT2D eigenvalue weighted by Gasteiger charge is -1.98. The van der Waals surface area contributed by atoms with Gasteiger partial charge in [-0.3, -0.25) is 0 Å². The van der Waals surface area contributed by atoms with Gasteiger partial charge in [0.25, 0.3) is 0 Å². The van der Waals surface area contributed by atoms with Gasteiger partial charge in [-0.15, -0.1) is 0 Å². The van der Waals surface area contributed by atoms with Gasteiger partial charge in [0.2, 0.25) is 5.89 Å². The molecule has 0 amide bonds. The van der Waals surface area contributed by atoms with E-state index in [9.17, 15) is 0 Å². The van der Waals surface area contributed by atoms with Crippen LogP contribution in [-0.4, -0.2) is 14.5 Å². The maximum atomic E-state index is 8.91. The highest BCUT2D eigenvalue weighted by molar-refractivity contribution is 7.10. The van der Waals surface area contributed by atoms with Gasteiger partial charge in [-0.2, -0.15) is 14.6 Å². The van der Waals surface area contributed by atoms with E-state index < -0.39 is 0 Å². The average Bonchev–Trinajstić information content (AvgIpc) is 2.82. The van der Waals surface area contributed by atoms with Crippen molar-refractivity contribution in [2.45, 2.75) is 20.4 Å². The van der Waals surface area contributed by atoms with Crippen LogP contribution >= 0.6 is 11.5 Å². The first kappa shape index (κ1) is 10.6. The minimum Gasteiger partial charge on any atom is -0.366 e. The Bertz CT molecular complexity index is 538. The molecular formula is C9H9N5OS. The van der Waals surface area contributed by atoms with E-state index >= 15 is 0 Å². The van der Waals surface area contributed by atoms with Crippen molar-refractivity contribution in [3.05, 3.63) is 23.0 Å². The van der Waals surface area contributed by atoms with Gasteiger partial charge >= 0.3 is 0 Å². The predicted octanol–water partition coefficient (Wildman–Crippen LogP) is 1.63. The second kappa shape index (κ2) is 4.28. The Balaban J connectivity index is 2.08. The Kier molecular flexibility index (Phi) is 2.83. The third-order valence-electron chi connectivity index (χ3n) is 1.94. The zero-order valence-corrected chi connectivity index (χ0v) is 9.63. The summed E-state index contributed by atoms with van der Waals surface area (Å²) in [6.07, 6.45) is 0. The lowest BCUT2D eigenvalue weighted by atomic mass is 10.3. The van der Waals surface area contributed by atoms with E-state index in [2.05, 4.69) is 25.9 Å². The Labute approximate surface area is 96.1 Å². The van der Waals surface area contributed by atoms with E-state index in [1.807, 2.05) is 0 Å². The summed E-state index contributed by atoms with van der Waals surface area (Å²) in [5.41, 5.74) is 1.30. The van der Waals surface area contributed by atoms with Crippen molar-refractivity contribution in [1.29, 1.82) is 5.26 Å². The van der Waals surface area contributed by atoms with Crippen LogP contribution in [0.2, 0.25) is 0 Å². The largest absolute Gasteiger partial charge is 0.366 e. The van der Waals surface area contributed by atoms with Crippen LogP contribution < -0.4 is 5.32 Å². The molecule has 2 aromatic rings. The van der Waals surface area contributed by atoms with Crippen LogP contribution in [0, 0.1) is 25.2 Å². The molecule has 2 aromatic heterocycles. The summed E-state index contributed by atoms with van der Waals surface area (Å²) >= 11 is 1.25. The molecule has 1 N–H and O–H groups in total. The SMILES string of the molecule is Cc1noc(CNc2snc(C)c2C#N)n1. The zero-order chi connectivity index (χ0) is 11.5. The molecule has 0 saturated heterocycles. The molecule has 0 spiro atoms. The molecule has 82 valence electrons. The van der Waals surface area contributed by atoms with E-state index in [0.29, 0.717) is 23.8 Å². The summed E-state index contributed by atoms with van der Waals surface area (Å²) in [7, 11) is 0. The van der Waals surface area contributed by atoms with E-state index in [1.165, 1.54) is 11.5 Å². The fraction of sp³-hybridized carbons (Fsp3) is 0.333. The maximum Gasteiger partial charge on any atom is 0.245 e. The molecule has 0 radical (unpaired) electrons. The first-order valence-corrected chi connectivity index (χ1v) is 5.37. The number of nitrogens with zero attached hydrogens (tertiary/aromatic N) is 4. The van der Waals surface area contributed by atoms with Crippen LogP contribution in [0.1, 0.15) is 23.0 Å². The fourth-order valence-electron chi connectivity index (χ4n) is 1.19. The molecule has 0 fully saturated rings. The molecule has 0 atom stereocenters. The number of hydrogen-bond donors (Lipinski definition) is 1. The van der Waals surface area contributed by atoms with E-state index in [-0.39, 0.29) is 0 Å². The highest BCUT2D eigenvalue weighted by Gasteiger charge is 2.10. The van der Waals surface area contributed by atoms with E-state index in [1.54, 1.807) is 13.8 Å². The number of aromatic nitrogens is 3. The Morgan fingerprint density at radius 3 is 2.94 bits per heavy atom. The minimum atomic E-state index is 0.400. The van der Waals surface area contributed by atoms with E-state index in [0.717, 1.165) is 10.7 Å². The van der Waals surface area contributed by atoms with Gasteiger partial charge in [0, 0.05) is 0 Å². The smallest absolute Gasteiger partial charge is 0.245 e. The molecule has 0 aromatic carbocycles. The molecule has 2 rings (SSSR count). The van der Waals surface area contributed by atoms with Crippen LogP contribution in [0.3, 0.4) is 0 Å². The van der Waals surface area contributed by atoms with Crippen molar-refractivity contribution in [2.75, 3.05) is 5.32 Å². The van der Waals surface area contributed by atoms with Crippen LogP contribution in [-0.2, 0) is 6.54 Å². The number of anilines is 1. The topological polar surface area (TPSA) is 87.6 Å². The van der Waals surface area contributed by atoms with Crippen molar-refractivity contribution >= 4 is 16.5 Å². The first-order chi connectivity index (χ1) is 7.70. The average molecular weight is 235 g/mol. The molecule has 6 nitrogen and oxygen atoms in total. The first-order valence-electron chi connectivity index (χ1n) is 4.60. The summed E-state index contributed by atoms with van der Waals surface area (Å²) < 4.78 is 9.04. The normalized spacial score (nSPS) is 10.1.